The SMILES string of the molecule is COc1ccccc1-c1csc2nnc(CCN)n12. The Balaban J connectivity index is 2.21. The van der Waals surface area contributed by atoms with Crippen LogP contribution in [0.4, 0.5) is 0 Å². The van der Waals surface area contributed by atoms with Crippen molar-refractivity contribution < 1.29 is 4.74 Å². The Morgan fingerprint density at radius 3 is 2.95 bits per heavy atom. The second-order valence-corrected chi connectivity index (χ2v) is 4.93. The van der Waals surface area contributed by atoms with Crippen LogP contribution >= 0.6 is 11.3 Å². The maximum atomic E-state index is 5.62. The zero-order valence-electron chi connectivity index (χ0n) is 10.5. The third-order valence-electron chi connectivity index (χ3n) is 2.97. The number of benzene rings is 1. The van der Waals surface area contributed by atoms with E-state index < -0.39 is 0 Å². The molecule has 0 radical (unpaired) electrons. The number of aromatic nitrogens is 3. The fourth-order valence-corrected chi connectivity index (χ4v) is 2.96. The summed E-state index contributed by atoms with van der Waals surface area (Å²) in [5, 5.41) is 10.4. The Morgan fingerprint density at radius 2 is 2.16 bits per heavy atom. The summed E-state index contributed by atoms with van der Waals surface area (Å²) in [6.45, 7) is 0.558. The molecule has 0 aliphatic heterocycles. The van der Waals surface area contributed by atoms with E-state index in [1.807, 2.05) is 24.3 Å². The monoisotopic (exact) mass is 274 g/mol. The average Bonchev–Trinajstić information content (AvgIpc) is 3.02. The molecule has 0 aliphatic carbocycles. The van der Waals surface area contributed by atoms with Gasteiger partial charge in [0.1, 0.15) is 11.6 Å². The van der Waals surface area contributed by atoms with Gasteiger partial charge in [-0.1, -0.05) is 12.1 Å². The van der Waals surface area contributed by atoms with Crippen LogP contribution in [0.2, 0.25) is 0 Å². The summed E-state index contributed by atoms with van der Waals surface area (Å²) in [7, 11) is 1.68. The highest BCUT2D eigenvalue weighted by molar-refractivity contribution is 7.15. The van der Waals surface area contributed by atoms with Crippen LogP contribution in [-0.2, 0) is 6.42 Å². The molecule has 0 unspecified atom stereocenters. The molecule has 98 valence electrons. The maximum absolute atomic E-state index is 5.62. The number of methoxy groups -OCH3 is 1. The minimum absolute atomic E-state index is 0.558. The van der Waals surface area contributed by atoms with Crippen molar-refractivity contribution in [3.63, 3.8) is 0 Å². The van der Waals surface area contributed by atoms with E-state index >= 15 is 0 Å². The van der Waals surface area contributed by atoms with Gasteiger partial charge in [0.15, 0.2) is 0 Å². The smallest absolute Gasteiger partial charge is 0.216 e. The van der Waals surface area contributed by atoms with Crippen LogP contribution in [0.5, 0.6) is 5.75 Å². The molecule has 0 aliphatic rings. The number of hydrogen-bond donors (Lipinski definition) is 1. The standard InChI is InChI=1S/C13H14N4OS/c1-18-11-5-3-2-4-9(11)10-8-19-13-16-15-12(6-7-14)17(10)13/h2-5,8H,6-7,14H2,1H3. The molecule has 3 rings (SSSR count). The Morgan fingerprint density at radius 1 is 1.32 bits per heavy atom. The number of thiazole rings is 1. The zero-order chi connectivity index (χ0) is 13.2. The molecule has 3 aromatic rings. The van der Waals surface area contributed by atoms with Gasteiger partial charge in [0.2, 0.25) is 4.96 Å². The van der Waals surface area contributed by atoms with Gasteiger partial charge in [-0.05, 0) is 18.7 Å². The molecule has 19 heavy (non-hydrogen) atoms. The van der Waals surface area contributed by atoms with Gasteiger partial charge in [-0.2, -0.15) is 0 Å². The van der Waals surface area contributed by atoms with Gasteiger partial charge < -0.3 is 10.5 Å². The van der Waals surface area contributed by atoms with Crippen LogP contribution in [0.25, 0.3) is 16.2 Å². The first-order valence-corrected chi connectivity index (χ1v) is 6.88. The van der Waals surface area contributed by atoms with E-state index in [-0.39, 0.29) is 0 Å². The molecule has 2 heterocycles. The number of nitrogens with zero attached hydrogens (tertiary/aromatic N) is 3. The number of para-hydroxylation sites is 1. The molecule has 2 N–H and O–H groups in total. The van der Waals surface area contributed by atoms with Gasteiger partial charge in [-0.3, -0.25) is 4.40 Å². The van der Waals surface area contributed by atoms with Crippen molar-refractivity contribution in [1.29, 1.82) is 0 Å². The van der Waals surface area contributed by atoms with Crippen LogP contribution in [-0.4, -0.2) is 28.3 Å². The van der Waals surface area contributed by atoms with Crippen molar-refractivity contribution in [1.82, 2.24) is 14.6 Å². The molecule has 5 nitrogen and oxygen atoms in total. The summed E-state index contributed by atoms with van der Waals surface area (Å²) in [6.07, 6.45) is 0.708. The highest BCUT2D eigenvalue weighted by atomic mass is 32.1. The van der Waals surface area contributed by atoms with E-state index in [1.165, 1.54) is 0 Å². The van der Waals surface area contributed by atoms with Gasteiger partial charge in [-0.15, -0.1) is 21.5 Å². The molecule has 0 saturated heterocycles. The van der Waals surface area contributed by atoms with Crippen LogP contribution in [0, 0.1) is 0 Å². The summed E-state index contributed by atoms with van der Waals surface area (Å²) in [6, 6.07) is 7.94. The van der Waals surface area contributed by atoms with Crippen LogP contribution < -0.4 is 10.5 Å². The predicted octanol–water partition coefficient (Wildman–Crippen LogP) is 1.97. The first-order valence-electron chi connectivity index (χ1n) is 6.00. The van der Waals surface area contributed by atoms with Gasteiger partial charge in [0.25, 0.3) is 0 Å². The normalized spacial score (nSPS) is 11.1. The molecule has 0 atom stereocenters. The Labute approximate surface area is 114 Å². The van der Waals surface area contributed by atoms with E-state index in [1.54, 1.807) is 18.4 Å². The van der Waals surface area contributed by atoms with Crippen molar-refractivity contribution in [2.45, 2.75) is 6.42 Å². The second kappa shape index (κ2) is 4.99. The summed E-state index contributed by atoms with van der Waals surface area (Å²) < 4.78 is 7.47. The highest BCUT2D eigenvalue weighted by Crippen LogP contribution is 2.33. The topological polar surface area (TPSA) is 65.4 Å². The van der Waals surface area contributed by atoms with Crippen molar-refractivity contribution in [3.05, 3.63) is 35.5 Å². The van der Waals surface area contributed by atoms with Gasteiger partial charge in [0.05, 0.1) is 12.8 Å². The molecule has 0 saturated carbocycles. The number of rotatable bonds is 4. The summed E-state index contributed by atoms with van der Waals surface area (Å²) in [4.78, 5) is 0.879. The predicted molar refractivity (Wildman–Crippen MR) is 75.6 cm³/mol. The van der Waals surface area contributed by atoms with Crippen molar-refractivity contribution in [2.75, 3.05) is 13.7 Å². The molecule has 0 bridgehead atoms. The molecule has 0 fully saturated rings. The number of hydrogen-bond acceptors (Lipinski definition) is 5. The molecule has 1 aromatic carbocycles. The van der Waals surface area contributed by atoms with E-state index in [0.29, 0.717) is 13.0 Å². The molecular formula is C13H14N4OS. The van der Waals surface area contributed by atoms with Crippen molar-refractivity contribution >= 4 is 16.3 Å². The van der Waals surface area contributed by atoms with Crippen LogP contribution in [0.3, 0.4) is 0 Å². The van der Waals surface area contributed by atoms with E-state index in [9.17, 15) is 0 Å². The molecule has 2 aromatic heterocycles. The van der Waals surface area contributed by atoms with Crippen LogP contribution in [0.15, 0.2) is 29.6 Å². The lowest BCUT2D eigenvalue weighted by Gasteiger charge is -2.07. The average molecular weight is 274 g/mol. The van der Waals surface area contributed by atoms with E-state index in [2.05, 4.69) is 20.0 Å². The fourth-order valence-electron chi connectivity index (χ4n) is 2.11. The maximum Gasteiger partial charge on any atom is 0.216 e. The van der Waals surface area contributed by atoms with Crippen molar-refractivity contribution in [2.24, 2.45) is 5.73 Å². The highest BCUT2D eigenvalue weighted by Gasteiger charge is 2.15. The minimum Gasteiger partial charge on any atom is -0.496 e. The largest absolute Gasteiger partial charge is 0.496 e. The van der Waals surface area contributed by atoms with Gasteiger partial charge in [0, 0.05) is 17.4 Å². The molecular weight excluding hydrogens is 260 g/mol. The Bertz CT molecular complexity index is 704. The number of nitrogens with two attached hydrogens (primary N) is 1. The van der Waals surface area contributed by atoms with Crippen LogP contribution in [0.1, 0.15) is 5.82 Å². The molecule has 6 heteroatoms. The fraction of sp³-hybridized carbons (Fsp3) is 0.231. The number of ether oxygens (including phenoxy) is 1. The Kier molecular flexibility index (Phi) is 3.18. The van der Waals surface area contributed by atoms with Gasteiger partial charge in [-0.25, -0.2) is 0 Å². The quantitative estimate of drug-likeness (QED) is 0.790. The lowest BCUT2D eigenvalue weighted by Crippen LogP contribution is -2.06. The zero-order valence-corrected chi connectivity index (χ0v) is 11.4. The Hall–Kier alpha value is -1.92. The second-order valence-electron chi connectivity index (χ2n) is 4.09. The summed E-state index contributed by atoms with van der Waals surface area (Å²) >= 11 is 1.57. The van der Waals surface area contributed by atoms with E-state index in [0.717, 1.165) is 27.8 Å². The lowest BCUT2D eigenvalue weighted by molar-refractivity contribution is 0.416. The number of fused-ring (bicyclic) bond motifs is 1. The first-order chi connectivity index (χ1) is 9.35. The minimum atomic E-state index is 0.558. The van der Waals surface area contributed by atoms with Gasteiger partial charge >= 0.3 is 0 Å². The van der Waals surface area contributed by atoms with E-state index in [4.69, 9.17) is 10.5 Å². The first kappa shape index (κ1) is 12.1. The summed E-state index contributed by atoms with van der Waals surface area (Å²) in [5.74, 6) is 1.73. The van der Waals surface area contributed by atoms with Crippen molar-refractivity contribution in [3.8, 4) is 17.0 Å². The lowest BCUT2D eigenvalue weighted by atomic mass is 10.1. The molecule has 0 spiro atoms. The summed E-state index contributed by atoms with van der Waals surface area (Å²) in [5.41, 5.74) is 7.71. The molecule has 0 amide bonds. The third kappa shape index (κ3) is 1.98. The third-order valence-corrected chi connectivity index (χ3v) is 3.78.